The van der Waals surface area contributed by atoms with Crippen LogP contribution in [0.4, 0.5) is 0 Å². The molecule has 1 aromatic heterocycles. The van der Waals surface area contributed by atoms with Crippen LogP contribution in [0.15, 0.2) is 16.5 Å². The van der Waals surface area contributed by atoms with E-state index in [1.807, 2.05) is 12.1 Å². The van der Waals surface area contributed by atoms with Crippen molar-refractivity contribution in [3.63, 3.8) is 0 Å². The van der Waals surface area contributed by atoms with Gasteiger partial charge in [0.15, 0.2) is 0 Å². The van der Waals surface area contributed by atoms with Gasteiger partial charge in [0.2, 0.25) is 0 Å². The molecule has 1 saturated heterocycles. The molecule has 2 heterocycles. The molecule has 0 amide bonds. The molecule has 18 heavy (non-hydrogen) atoms. The highest BCUT2D eigenvalue weighted by molar-refractivity contribution is 5.06. The van der Waals surface area contributed by atoms with Crippen LogP contribution in [-0.4, -0.2) is 42.0 Å². The van der Waals surface area contributed by atoms with Crippen LogP contribution in [0, 0.1) is 0 Å². The van der Waals surface area contributed by atoms with Crippen molar-refractivity contribution in [2.75, 3.05) is 26.2 Å². The second kappa shape index (κ2) is 6.36. The van der Waals surface area contributed by atoms with E-state index in [0.29, 0.717) is 12.6 Å². The first-order valence-corrected chi connectivity index (χ1v) is 6.97. The molecule has 0 aromatic carbocycles. The maximum atomic E-state index is 5.65. The average Bonchev–Trinajstić information content (AvgIpc) is 2.86. The van der Waals surface area contributed by atoms with Crippen LogP contribution in [0.25, 0.3) is 0 Å². The highest BCUT2D eigenvalue weighted by Crippen LogP contribution is 2.13. The summed E-state index contributed by atoms with van der Waals surface area (Å²) in [6, 6.07) is 4.73. The lowest BCUT2D eigenvalue weighted by atomic mass is 10.2. The van der Waals surface area contributed by atoms with Gasteiger partial charge < -0.3 is 10.2 Å². The second-order valence-corrected chi connectivity index (χ2v) is 5.14. The summed E-state index contributed by atoms with van der Waals surface area (Å²) in [7, 11) is 0. The molecule has 1 aliphatic heterocycles. The first kappa shape index (κ1) is 13.6. The van der Waals surface area contributed by atoms with Crippen LogP contribution in [0.1, 0.15) is 31.8 Å². The molecule has 0 bridgehead atoms. The summed E-state index contributed by atoms with van der Waals surface area (Å²) in [6.45, 7) is 10.6. The minimum atomic E-state index is 0.488. The quantitative estimate of drug-likeness (QED) is 0.864. The van der Waals surface area contributed by atoms with E-state index in [4.69, 9.17) is 10.2 Å². The van der Waals surface area contributed by atoms with E-state index in [0.717, 1.165) is 31.2 Å². The Morgan fingerprint density at radius 2 is 1.89 bits per heavy atom. The molecule has 4 nitrogen and oxygen atoms in total. The summed E-state index contributed by atoms with van der Waals surface area (Å²) in [5, 5.41) is 0. The van der Waals surface area contributed by atoms with Gasteiger partial charge in [0.1, 0.15) is 11.5 Å². The molecule has 4 heteroatoms. The smallest absolute Gasteiger partial charge is 0.118 e. The van der Waals surface area contributed by atoms with Gasteiger partial charge >= 0.3 is 0 Å². The maximum Gasteiger partial charge on any atom is 0.118 e. The molecule has 1 atom stereocenters. The lowest BCUT2D eigenvalue weighted by Gasteiger charge is -2.37. The number of nitrogens with zero attached hydrogens (tertiary/aromatic N) is 2. The van der Waals surface area contributed by atoms with Crippen LogP contribution in [-0.2, 0) is 13.1 Å². The number of piperazine rings is 1. The highest BCUT2D eigenvalue weighted by Gasteiger charge is 2.20. The van der Waals surface area contributed by atoms with E-state index in [-0.39, 0.29) is 0 Å². The zero-order valence-electron chi connectivity index (χ0n) is 11.6. The van der Waals surface area contributed by atoms with Crippen LogP contribution in [0.3, 0.4) is 0 Å². The third-order valence-corrected chi connectivity index (χ3v) is 3.92. The molecule has 2 rings (SSSR count). The molecule has 0 spiro atoms. The zero-order chi connectivity index (χ0) is 13.0. The summed E-state index contributed by atoms with van der Waals surface area (Å²) in [6.07, 6.45) is 1.23. The fourth-order valence-electron chi connectivity index (χ4n) is 2.46. The predicted octanol–water partition coefficient (Wildman–Crippen LogP) is 1.65. The van der Waals surface area contributed by atoms with E-state index < -0.39 is 0 Å². The largest absolute Gasteiger partial charge is 0.463 e. The topological polar surface area (TPSA) is 45.6 Å². The van der Waals surface area contributed by atoms with Crippen molar-refractivity contribution in [1.82, 2.24) is 9.80 Å². The van der Waals surface area contributed by atoms with Gasteiger partial charge in [-0.25, -0.2) is 0 Å². The van der Waals surface area contributed by atoms with Gasteiger partial charge in [0.25, 0.3) is 0 Å². The van der Waals surface area contributed by atoms with Gasteiger partial charge in [0.05, 0.1) is 13.1 Å². The summed E-state index contributed by atoms with van der Waals surface area (Å²) in [5.74, 6) is 1.91. The Morgan fingerprint density at radius 3 is 2.44 bits per heavy atom. The molecular formula is C14H25N3O. The summed E-state index contributed by atoms with van der Waals surface area (Å²) in [4.78, 5) is 5.03. The molecule has 1 aromatic rings. The fraction of sp³-hybridized carbons (Fsp3) is 0.714. The number of hydrogen-bond acceptors (Lipinski definition) is 4. The first-order valence-electron chi connectivity index (χ1n) is 6.97. The molecule has 1 aliphatic rings. The van der Waals surface area contributed by atoms with Crippen molar-refractivity contribution < 1.29 is 4.42 Å². The molecule has 0 radical (unpaired) electrons. The predicted molar refractivity (Wildman–Crippen MR) is 73.2 cm³/mol. The van der Waals surface area contributed by atoms with E-state index in [1.165, 1.54) is 19.5 Å². The van der Waals surface area contributed by atoms with Crippen LogP contribution < -0.4 is 5.73 Å². The van der Waals surface area contributed by atoms with E-state index in [1.54, 1.807) is 0 Å². The van der Waals surface area contributed by atoms with E-state index >= 15 is 0 Å². The lowest BCUT2D eigenvalue weighted by Crippen LogP contribution is -2.48. The second-order valence-electron chi connectivity index (χ2n) is 5.14. The number of furan rings is 1. The van der Waals surface area contributed by atoms with E-state index in [9.17, 15) is 0 Å². The van der Waals surface area contributed by atoms with Gasteiger partial charge in [-0.15, -0.1) is 0 Å². The van der Waals surface area contributed by atoms with E-state index in [2.05, 4.69) is 23.6 Å². The van der Waals surface area contributed by atoms with Crippen LogP contribution >= 0.6 is 0 Å². The number of rotatable bonds is 5. The standard InChI is InChI=1S/C14H25N3O/c1-3-12(2)17-8-6-16(7-9-17)11-14-5-4-13(10-15)18-14/h4-5,12H,3,6-11,15H2,1-2H3. The Kier molecular flexibility index (Phi) is 4.80. The zero-order valence-corrected chi connectivity index (χ0v) is 11.6. The number of nitrogens with two attached hydrogens (primary N) is 1. The third-order valence-electron chi connectivity index (χ3n) is 3.92. The molecule has 0 saturated carbocycles. The summed E-state index contributed by atoms with van der Waals surface area (Å²) >= 11 is 0. The Balaban J connectivity index is 1.79. The van der Waals surface area contributed by atoms with Crippen molar-refractivity contribution >= 4 is 0 Å². The van der Waals surface area contributed by atoms with Gasteiger partial charge in [-0.1, -0.05) is 6.92 Å². The van der Waals surface area contributed by atoms with Crippen molar-refractivity contribution in [1.29, 1.82) is 0 Å². The SMILES string of the molecule is CCC(C)N1CCN(Cc2ccc(CN)o2)CC1. The number of hydrogen-bond donors (Lipinski definition) is 1. The van der Waals surface area contributed by atoms with Crippen molar-refractivity contribution in [3.05, 3.63) is 23.7 Å². The molecule has 2 N–H and O–H groups in total. The normalized spacial score (nSPS) is 20.2. The highest BCUT2D eigenvalue weighted by atomic mass is 16.3. The van der Waals surface area contributed by atoms with Crippen LogP contribution in [0.2, 0.25) is 0 Å². The van der Waals surface area contributed by atoms with Crippen molar-refractivity contribution in [3.8, 4) is 0 Å². The molecule has 1 unspecified atom stereocenters. The Hall–Kier alpha value is -0.840. The minimum absolute atomic E-state index is 0.488. The van der Waals surface area contributed by atoms with Crippen molar-refractivity contribution in [2.45, 2.75) is 39.4 Å². The first-order chi connectivity index (χ1) is 8.72. The monoisotopic (exact) mass is 251 g/mol. The average molecular weight is 251 g/mol. The third kappa shape index (κ3) is 3.34. The van der Waals surface area contributed by atoms with Gasteiger partial charge in [-0.05, 0) is 25.5 Å². The Labute approximate surface area is 110 Å². The lowest BCUT2D eigenvalue weighted by molar-refractivity contribution is 0.0917. The van der Waals surface area contributed by atoms with Crippen LogP contribution in [0.5, 0.6) is 0 Å². The molecule has 0 aliphatic carbocycles. The summed E-state index contributed by atoms with van der Waals surface area (Å²) in [5.41, 5.74) is 5.55. The molecule has 102 valence electrons. The molecular weight excluding hydrogens is 226 g/mol. The van der Waals surface area contributed by atoms with Gasteiger partial charge in [-0.2, -0.15) is 0 Å². The Morgan fingerprint density at radius 1 is 1.22 bits per heavy atom. The van der Waals surface area contributed by atoms with Crippen molar-refractivity contribution in [2.24, 2.45) is 5.73 Å². The maximum absolute atomic E-state index is 5.65. The summed E-state index contributed by atoms with van der Waals surface area (Å²) < 4.78 is 5.65. The fourth-order valence-corrected chi connectivity index (χ4v) is 2.46. The van der Waals surface area contributed by atoms with Gasteiger partial charge in [-0.3, -0.25) is 9.80 Å². The Bertz CT molecular complexity index is 356. The van der Waals surface area contributed by atoms with Gasteiger partial charge in [0, 0.05) is 32.2 Å². The molecule has 1 fully saturated rings. The minimum Gasteiger partial charge on any atom is -0.463 e.